The van der Waals surface area contributed by atoms with Crippen molar-refractivity contribution in [2.75, 3.05) is 19.1 Å². The Morgan fingerprint density at radius 1 is 1.47 bits per heavy atom. The fourth-order valence-electron chi connectivity index (χ4n) is 1.35. The predicted molar refractivity (Wildman–Crippen MR) is 74.2 cm³/mol. The Hall–Kier alpha value is -0.450. The first-order valence-corrected chi connectivity index (χ1v) is 7.20. The largest absolute Gasteiger partial charge is 0.338 e. The first-order valence-electron chi connectivity index (χ1n) is 5.05. The maximum atomic E-state index is 12.1. The van der Waals surface area contributed by atoms with Gasteiger partial charge in [0.1, 0.15) is 10.3 Å². The molecular formula is C11H14Cl2N2OS. The van der Waals surface area contributed by atoms with E-state index in [0.29, 0.717) is 5.56 Å². The highest BCUT2D eigenvalue weighted by atomic mass is 35.5. The zero-order valence-corrected chi connectivity index (χ0v) is 12.2. The van der Waals surface area contributed by atoms with E-state index in [-0.39, 0.29) is 22.3 Å². The number of halogens is 2. The lowest BCUT2D eigenvalue weighted by molar-refractivity contribution is 0.0757. The number of hydrogen-bond acceptors (Lipinski definition) is 3. The normalized spacial score (nSPS) is 12.3. The van der Waals surface area contributed by atoms with E-state index in [1.807, 2.05) is 13.2 Å². The van der Waals surface area contributed by atoms with Crippen molar-refractivity contribution < 1.29 is 4.79 Å². The molecule has 6 heteroatoms. The van der Waals surface area contributed by atoms with Crippen LogP contribution in [0.2, 0.25) is 10.3 Å². The summed E-state index contributed by atoms with van der Waals surface area (Å²) >= 11 is 13.2. The van der Waals surface area contributed by atoms with Crippen molar-refractivity contribution in [2.24, 2.45) is 0 Å². The van der Waals surface area contributed by atoms with Gasteiger partial charge in [0, 0.05) is 24.4 Å². The van der Waals surface area contributed by atoms with Crippen molar-refractivity contribution in [3.8, 4) is 0 Å². The number of carbonyl (C=O) groups is 1. The molecule has 1 heterocycles. The third-order valence-electron chi connectivity index (χ3n) is 2.40. The topological polar surface area (TPSA) is 33.2 Å². The monoisotopic (exact) mass is 292 g/mol. The van der Waals surface area contributed by atoms with Crippen molar-refractivity contribution >= 4 is 40.9 Å². The molecule has 17 heavy (non-hydrogen) atoms. The van der Waals surface area contributed by atoms with E-state index >= 15 is 0 Å². The van der Waals surface area contributed by atoms with Gasteiger partial charge in [-0.2, -0.15) is 11.8 Å². The van der Waals surface area contributed by atoms with Gasteiger partial charge in [0.25, 0.3) is 5.91 Å². The second-order valence-electron chi connectivity index (χ2n) is 3.72. The van der Waals surface area contributed by atoms with Crippen molar-refractivity contribution in [1.82, 2.24) is 9.88 Å². The average molecular weight is 293 g/mol. The maximum absolute atomic E-state index is 12.1. The minimum Gasteiger partial charge on any atom is -0.338 e. The van der Waals surface area contributed by atoms with Crippen LogP contribution in [0.4, 0.5) is 0 Å². The number of amides is 1. The van der Waals surface area contributed by atoms with E-state index in [1.165, 1.54) is 12.1 Å². The summed E-state index contributed by atoms with van der Waals surface area (Å²) < 4.78 is 0. The first-order chi connectivity index (χ1) is 7.95. The molecule has 0 aliphatic heterocycles. The van der Waals surface area contributed by atoms with E-state index in [2.05, 4.69) is 4.98 Å². The standard InChI is InChI=1S/C11H14Cl2N2OS/c1-7(6-17-3)15(2)11(16)8-4-9(12)14-10(13)5-8/h4-5,7H,6H2,1-3H3. The number of hydrogen-bond donors (Lipinski definition) is 0. The third kappa shape index (κ3) is 4.05. The van der Waals surface area contributed by atoms with Crippen LogP contribution in [0, 0.1) is 0 Å². The third-order valence-corrected chi connectivity index (χ3v) is 3.60. The zero-order chi connectivity index (χ0) is 13.0. The van der Waals surface area contributed by atoms with E-state index in [9.17, 15) is 4.79 Å². The van der Waals surface area contributed by atoms with Crippen LogP contribution in [0.5, 0.6) is 0 Å². The van der Waals surface area contributed by atoms with Crippen molar-refractivity contribution in [3.63, 3.8) is 0 Å². The van der Waals surface area contributed by atoms with Gasteiger partial charge in [0.05, 0.1) is 0 Å². The highest BCUT2D eigenvalue weighted by molar-refractivity contribution is 7.98. The molecule has 0 bridgehead atoms. The molecule has 94 valence electrons. The molecular weight excluding hydrogens is 279 g/mol. The number of thioether (sulfide) groups is 1. The van der Waals surface area contributed by atoms with Crippen LogP contribution < -0.4 is 0 Å². The lowest BCUT2D eigenvalue weighted by Gasteiger charge is -2.24. The van der Waals surface area contributed by atoms with Crippen molar-refractivity contribution in [2.45, 2.75) is 13.0 Å². The minimum atomic E-state index is -0.0993. The van der Waals surface area contributed by atoms with Crippen LogP contribution in [0.3, 0.4) is 0 Å². The summed E-state index contributed by atoms with van der Waals surface area (Å²) in [4.78, 5) is 17.6. The van der Waals surface area contributed by atoms with Gasteiger partial charge in [-0.1, -0.05) is 23.2 Å². The molecule has 1 rings (SSSR count). The van der Waals surface area contributed by atoms with Crippen molar-refractivity contribution in [1.29, 1.82) is 0 Å². The summed E-state index contributed by atoms with van der Waals surface area (Å²) in [7, 11) is 1.77. The van der Waals surface area contributed by atoms with E-state index in [1.54, 1.807) is 23.7 Å². The molecule has 3 nitrogen and oxygen atoms in total. The van der Waals surface area contributed by atoms with Gasteiger partial charge in [-0.25, -0.2) is 4.98 Å². The quantitative estimate of drug-likeness (QED) is 0.799. The fourth-order valence-corrected chi connectivity index (χ4v) is 2.51. The highest BCUT2D eigenvalue weighted by Crippen LogP contribution is 2.17. The van der Waals surface area contributed by atoms with E-state index in [4.69, 9.17) is 23.2 Å². The number of pyridine rings is 1. The summed E-state index contributed by atoms with van der Waals surface area (Å²) in [5, 5.41) is 0.457. The predicted octanol–water partition coefficient (Wildman–Crippen LogP) is 3.21. The molecule has 0 aliphatic carbocycles. The number of aromatic nitrogens is 1. The summed E-state index contributed by atoms with van der Waals surface area (Å²) in [5.41, 5.74) is 0.463. The summed E-state index contributed by atoms with van der Waals surface area (Å²) in [5.74, 6) is 0.784. The maximum Gasteiger partial charge on any atom is 0.254 e. The lowest BCUT2D eigenvalue weighted by atomic mass is 10.2. The molecule has 1 amide bonds. The van der Waals surface area contributed by atoms with Crippen LogP contribution in [0.15, 0.2) is 12.1 Å². The Kier molecular flexibility index (Phi) is 5.56. The molecule has 0 spiro atoms. The van der Waals surface area contributed by atoms with Crippen LogP contribution in [-0.4, -0.2) is 40.9 Å². The molecule has 1 unspecified atom stereocenters. The molecule has 0 saturated carbocycles. The average Bonchev–Trinajstić information content (AvgIpc) is 2.26. The molecule has 0 radical (unpaired) electrons. The van der Waals surface area contributed by atoms with Gasteiger partial charge in [0.15, 0.2) is 0 Å². The van der Waals surface area contributed by atoms with E-state index in [0.717, 1.165) is 5.75 Å². The summed E-state index contributed by atoms with van der Waals surface area (Å²) in [6, 6.07) is 3.21. The summed E-state index contributed by atoms with van der Waals surface area (Å²) in [6.45, 7) is 2.00. The van der Waals surface area contributed by atoms with Crippen LogP contribution in [-0.2, 0) is 0 Å². The Balaban J connectivity index is 2.88. The van der Waals surface area contributed by atoms with Gasteiger partial charge in [0.2, 0.25) is 0 Å². The summed E-state index contributed by atoms with van der Waals surface area (Å²) in [6.07, 6.45) is 2.01. The molecule has 0 saturated heterocycles. The fraction of sp³-hybridized carbons (Fsp3) is 0.455. The first kappa shape index (κ1) is 14.6. The van der Waals surface area contributed by atoms with Gasteiger partial charge in [-0.3, -0.25) is 4.79 Å². The Morgan fingerprint density at radius 2 is 2.00 bits per heavy atom. The number of carbonyl (C=O) groups excluding carboxylic acids is 1. The smallest absolute Gasteiger partial charge is 0.254 e. The Morgan fingerprint density at radius 3 is 2.47 bits per heavy atom. The van der Waals surface area contributed by atoms with Gasteiger partial charge in [-0.05, 0) is 25.3 Å². The molecule has 0 N–H and O–H groups in total. The lowest BCUT2D eigenvalue weighted by Crippen LogP contribution is -2.36. The zero-order valence-electron chi connectivity index (χ0n) is 9.91. The molecule has 0 aliphatic rings. The molecule has 0 fully saturated rings. The number of rotatable bonds is 4. The minimum absolute atomic E-state index is 0.0993. The van der Waals surface area contributed by atoms with Crippen LogP contribution in [0.25, 0.3) is 0 Å². The van der Waals surface area contributed by atoms with Crippen LogP contribution >= 0.6 is 35.0 Å². The molecule has 0 aromatic carbocycles. The highest BCUT2D eigenvalue weighted by Gasteiger charge is 2.18. The number of nitrogens with zero attached hydrogens (tertiary/aromatic N) is 2. The van der Waals surface area contributed by atoms with Gasteiger partial charge < -0.3 is 4.90 Å². The van der Waals surface area contributed by atoms with Crippen molar-refractivity contribution in [3.05, 3.63) is 28.0 Å². The van der Waals surface area contributed by atoms with Crippen LogP contribution in [0.1, 0.15) is 17.3 Å². The molecule has 1 atom stereocenters. The van der Waals surface area contributed by atoms with Gasteiger partial charge >= 0.3 is 0 Å². The van der Waals surface area contributed by atoms with Gasteiger partial charge in [-0.15, -0.1) is 0 Å². The second-order valence-corrected chi connectivity index (χ2v) is 5.41. The molecule has 1 aromatic rings. The SMILES string of the molecule is CSCC(C)N(C)C(=O)c1cc(Cl)nc(Cl)c1. The Bertz CT molecular complexity index is 394. The Labute approximate surface area is 115 Å². The second kappa shape index (κ2) is 6.47. The van der Waals surface area contributed by atoms with E-state index < -0.39 is 0 Å². The molecule has 1 aromatic heterocycles.